The fraction of sp³-hybridized carbons (Fsp3) is 0. The number of hydrogen-bond donors (Lipinski definition) is 0. The second-order valence-electron chi connectivity index (χ2n) is 15.6. The lowest BCUT2D eigenvalue weighted by Crippen LogP contribution is -2.77. The molecule has 0 saturated heterocycles. The average Bonchev–Trinajstić information content (AvgIpc) is 3.31. The van der Waals surface area contributed by atoms with Crippen molar-refractivity contribution in [1.29, 1.82) is 0 Å². The summed E-state index contributed by atoms with van der Waals surface area (Å²) in [5, 5.41) is 5.42. The van der Waals surface area contributed by atoms with Crippen LogP contribution in [0.5, 0.6) is 23.0 Å². The van der Waals surface area contributed by atoms with Crippen molar-refractivity contribution in [3.63, 3.8) is 0 Å². The highest BCUT2D eigenvalue weighted by molar-refractivity contribution is 7.21. The van der Waals surface area contributed by atoms with Crippen LogP contribution in [0.4, 0.5) is 17.1 Å². The molecule has 9 aromatic carbocycles. The Morgan fingerprint density at radius 1 is 0.356 bits per heavy atom. The Kier molecular flexibility index (Phi) is 7.65. The minimum absolute atomic E-state index is 0.0977. The Bertz CT molecular complexity index is 2980. The SMILES string of the molecule is c1ccc(-c2ccc3c(c2)Oc2cc(-c4ccccc4)cc4c2B3c2cccc(N3c5ccccc5[Si](c5ccccc5)(c5ccccc5)c5ccccc53)c2O4)cc1. The summed E-state index contributed by atoms with van der Waals surface area (Å²) in [7, 11) is -2.79. The van der Waals surface area contributed by atoms with Crippen LogP contribution in [0.25, 0.3) is 22.3 Å². The lowest BCUT2D eigenvalue weighted by molar-refractivity contribution is 0.465. The predicted molar refractivity (Wildman–Crippen MR) is 247 cm³/mol. The van der Waals surface area contributed by atoms with Gasteiger partial charge >= 0.3 is 0 Å². The quantitative estimate of drug-likeness (QED) is 0.163. The molecule has 3 aliphatic heterocycles. The van der Waals surface area contributed by atoms with Gasteiger partial charge in [0.15, 0.2) is 8.07 Å². The summed E-state index contributed by atoms with van der Waals surface area (Å²) >= 11 is 0. The normalized spacial score (nSPS) is 13.8. The van der Waals surface area contributed by atoms with Gasteiger partial charge in [-0.2, -0.15) is 0 Å². The van der Waals surface area contributed by atoms with E-state index >= 15 is 0 Å². The van der Waals surface area contributed by atoms with Crippen molar-refractivity contribution < 1.29 is 9.47 Å². The van der Waals surface area contributed by atoms with Crippen LogP contribution in [0.1, 0.15) is 0 Å². The van der Waals surface area contributed by atoms with Crippen LogP contribution in [0, 0.1) is 0 Å². The molecule has 0 atom stereocenters. The van der Waals surface area contributed by atoms with E-state index in [-0.39, 0.29) is 6.71 Å². The number of nitrogens with zero attached hydrogens (tertiary/aromatic N) is 1. The number of rotatable bonds is 5. The number of ether oxygens (including phenoxy) is 2. The molecule has 9 aromatic rings. The van der Waals surface area contributed by atoms with Crippen molar-refractivity contribution >= 4 is 69.0 Å². The first-order valence-electron chi connectivity index (χ1n) is 20.3. The summed E-state index contributed by atoms with van der Waals surface area (Å²) < 4.78 is 14.2. The lowest BCUT2D eigenvalue weighted by Gasteiger charge is -2.45. The molecule has 0 radical (unpaired) electrons. The summed E-state index contributed by atoms with van der Waals surface area (Å²) in [6.07, 6.45) is 0. The Balaban J connectivity index is 1.11. The maximum Gasteiger partial charge on any atom is 0.260 e. The van der Waals surface area contributed by atoms with Crippen LogP contribution in [-0.4, -0.2) is 14.8 Å². The molecule has 3 heterocycles. The van der Waals surface area contributed by atoms with E-state index in [1.54, 1.807) is 0 Å². The van der Waals surface area contributed by atoms with Crippen LogP contribution in [0.3, 0.4) is 0 Å². The maximum atomic E-state index is 7.32. The fourth-order valence-electron chi connectivity index (χ4n) is 9.96. The zero-order valence-electron chi connectivity index (χ0n) is 32.1. The molecular formula is C54H36BNO2Si. The van der Waals surface area contributed by atoms with E-state index in [0.717, 1.165) is 67.3 Å². The van der Waals surface area contributed by atoms with E-state index in [1.165, 1.54) is 32.1 Å². The van der Waals surface area contributed by atoms with Gasteiger partial charge in [-0.3, -0.25) is 0 Å². The first kappa shape index (κ1) is 33.8. The largest absolute Gasteiger partial charge is 0.458 e. The summed E-state index contributed by atoms with van der Waals surface area (Å²) in [5.74, 6) is 3.38. The smallest absolute Gasteiger partial charge is 0.260 e. The highest BCUT2D eigenvalue weighted by Gasteiger charge is 2.50. The van der Waals surface area contributed by atoms with Gasteiger partial charge in [-0.15, -0.1) is 0 Å². The number of fused-ring (bicyclic) bond motifs is 6. The van der Waals surface area contributed by atoms with Crippen LogP contribution in [-0.2, 0) is 0 Å². The number of benzene rings is 9. The molecule has 0 N–H and O–H groups in total. The van der Waals surface area contributed by atoms with Crippen molar-refractivity contribution in [2.24, 2.45) is 0 Å². The van der Waals surface area contributed by atoms with Gasteiger partial charge in [-0.25, -0.2) is 0 Å². The first-order chi connectivity index (χ1) is 29.3. The van der Waals surface area contributed by atoms with Crippen molar-refractivity contribution in [3.05, 3.63) is 218 Å². The van der Waals surface area contributed by atoms with Gasteiger partial charge in [0.1, 0.15) is 23.0 Å². The van der Waals surface area contributed by atoms with Gasteiger partial charge in [0.05, 0.1) is 5.69 Å². The van der Waals surface area contributed by atoms with Gasteiger partial charge in [0.2, 0.25) is 0 Å². The standard InChI is InChI=1S/C54H36BNO2Si/c1-5-18-37(19-6-1)39-32-33-43-48(34-39)57-49-35-40(38-20-7-2-8-21-38)36-50-53(49)55(43)44-26-17-29-47(54(44)58-50)56-45-27-13-15-30-51(45)59(41-22-9-3-10-23-41,42-24-11-4-12-25-42)52-31-16-14-28-46(52)56/h1-36H. The lowest BCUT2D eigenvalue weighted by atomic mass is 9.34. The predicted octanol–water partition coefficient (Wildman–Crippen LogP) is 8.91. The third-order valence-corrected chi connectivity index (χ3v) is 17.3. The van der Waals surface area contributed by atoms with Crippen molar-refractivity contribution in [2.45, 2.75) is 0 Å². The fourth-order valence-corrected chi connectivity index (χ4v) is 15.1. The van der Waals surface area contributed by atoms with E-state index in [0.29, 0.717) is 0 Å². The van der Waals surface area contributed by atoms with E-state index in [9.17, 15) is 0 Å². The van der Waals surface area contributed by atoms with Crippen LogP contribution < -0.4 is 51.5 Å². The zero-order valence-corrected chi connectivity index (χ0v) is 33.1. The minimum atomic E-state index is -2.79. The van der Waals surface area contributed by atoms with Crippen molar-refractivity contribution in [2.75, 3.05) is 4.90 Å². The molecule has 12 rings (SSSR count). The summed E-state index contributed by atoms with van der Waals surface area (Å²) in [6.45, 7) is -0.0977. The molecule has 0 fully saturated rings. The third-order valence-electron chi connectivity index (χ3n) is 12.5. The van der Waals surface area contributed by atoms with E-state index in [1.807, 2.05) is 0 Å². The third kappa shape index (κ3) is 5.08. The Labute approximate surface area is 345 Å². The molecular weight excluding hydrogens is 733 g/mol. The van der Waals surface area contributed by atoms with Gasteiger partial charge in [0, 0.05) is 16.8 Å². The molecule has 5 heteroatoms. The summed E-state index contributed by atoms with van der Waals surface area (Å²) in [6, 6.07) is 79.3. The van der Waals surface area contributed by atoms with Gasteiger partial charge in [0.25, 0.3) is 6.71 Å². The van der Waals surface area contributed by atoms with E-state index < -0.39 is 8.07 Å². The molecule has 59 heavy (non-hydrogen) atoms. The Morgan fingerprint density at radius 2 is 0.847 bits per heavy atom. The van der Waals surface area contributed by atoms with Crippen molar-refractivity contribution in [3.8, 4) is 45.3 Å². The molecule has 0 amide bonds. The van der Waals surface area contributed by atoms with Gasteiger partial charge < -0.3 is 14.4 Å². The van der Waals surface area contributed by atoms with E-state index in [2.05, 4.69) is 223 Å². The molecule has 0 unspecified atom stereocenters. The summed E-state index contributed by atoms with van der Waals surface area (Å²) in [5.41, 5.74) is 11.1. The second-order valence-corrected chi connectivity index (χ2v) is 19.3. The molecule has 0 saturated carbocycles. The second kappa shape index (κ2) is 13.4. The number of hydrogen-bond acceptors (Lipinski definition) is 3. The molecule has 0 spiro atoms. The molecule has 3 nitrogen and oxygen atoms in total. The minimum Gasteiger partial charge on any atom is -0.458 e. The molecule has 0 bridgehead atoms. The Morgan fingerprint density at radius 3 is 1.46 bits per heavy atom. The van der Waals surface area contributed by atoms with E-state index in [4.69, 9.17) is 9.47 Å². The average molecular weight is 770 g/mol. The number of anilines is 3. The molecule has 0 aromatic heterocycles. The highest BCUT2D eigenvalue weighted by atomic mass is 28.3. The van der Waals surface area contributed by atoms with Crippen molar-refractivity contribution in [1.82, 2.24) is 0 Å². The number of para-hydroxylation sites is 3. The van der Waals surface area contributed by atoms with Crippen LogP contribution >= 0.6 is 0 Å². The Hall–Kier alpha value is -7.34. The van der Waals surface area contributed by atoms with Gasteiger partial charge in [-0.1, -0.05) is 182 Å². The van der Waals surface area contributed by atoms with Gasteiger partial charge in [-0.05, 0) is 90.3 Å². The molecule has 0 aliphatic carbocycles. The first-order valence-corrected chi connectivity index (χ1v) is 22.3. The van der Waals surface area contributed by atoms with Crippen LogP contribution in [0.2, 0.25) is 0 Å². The topological polar surface area (TPSA) is 21.7 Å². The van der Waals surface area contributed by atoms with Crippen LogP contribution in [0.15, 0.2) is 218 Å². The monoisotopic (exact) mass is 769 g/mol. The maximum absolute atomic E-state index is 7.32. The molecule has 3 aliphatic rings. The molecule has 276 valence electrons. The highest BCUT2D eigenvalue weighted by Crippen LogP contribution is 2.46. The summed E-state index contributed by atoms with van der Waals surface area (Å²) in [4.78, 5) is 2.46. The zero-order chi connectivity index (χ0) is 38.9.